The van der Waals surface area contributed by atoms with E-state index >= 15 is 0 Å². The van der Waals surface area contributed by atoms with Crippen LogP contribution in [0, 0.1) is 0 Å². The lowest BCUT2D eigenvalue weighted by Crippen LogP contribution is -2.00. The molecule has 0 aliphatic rings. The quantitative estimate of drug-likeness (QED) is 0.822. The van der Waals surface area contributed by atoms with Crippen molar-refractivity contribution in [3.05, 3.63) is 29.6 Å². The molecule has 0 spiro atoms. The molecule has 92 valence electrons. The fourth-order valence-corrected chi connectivity index (χ4v) is 2.93. The molecule has 2 aromatic rings. The maximum absolute atomic E-state index is 11.5. The van der Waals surface area contributed by atoms with Crippen LogP contribution in [0.5, 0.6) is 0 Å². The first-order chi connectivity index (χ1) is 7.99. The maximum atomic E-state index is 11.5. The molecule has 0 saturated carbocycles. The van der Waals surface area contributed by atoms with Gasteiger partial charge in [-0.25, -0.2) is 13.9 Å². The van der Waals surface area contributed by atoms with Gasteiger partial charge in [0.25, 0.3) is 0 Å². The predicted molar refractivity (Wildman–Crippen MR) is 65.9 cm³/mol. The topological polar surface area (TPSA) is 75.4 Å². The van der Waals surface area contributed by atoms with Crippen molar-refractivity contribution >= 4 is 18.8 Å². The zero-order valence-electron chi connectivity index (χ0n) is 9.79. The molecule has 0 aliphatic heterocycles. The van der Waals surface area contributed by atoms with E-state index in [1.807, 2.05) is 19.9 Å². The van der Waals surface area contributed by atoms with Gasteiger partial charge in [0, 0.05) is 6.42 Å². The van der Waals surface area contributed by atoms with Gasteiger partial charge in [-0.15, -0.1) is 0 Å². The van der Waals surface area contributed by atoms with Crippen molar-refractivity contribution in [1.29, 1.82) is 0 Å². The van der Waals surface area contributed by atoms with Crippen LogP contribution in [0.15, 0.2) is 18.2 Å². The summed E-state index contributed by atoms with van der Waals surface area (Å²) in [5.41, 5.74) is 2.20. The summed E-state index contributed by atoms with van der Waals surface area (Å²) in [5, 5.41) is 0. The summed E-state index contributed by atoms with van der Waals surface area (Å²) < 4.78 is 12.5. The summed E-state index contributed by atoms with van der Waals surface area (Å²) in [6.07, 6.45) is 1.28. The summed E-state index contributed by atoms with van der Waals surface area (Å²) in [7, 11) is -4.35. The van der Waals surface area contributed by atoms with Crippen LogP contribution in [-0.4, -0.2) is 19.1 Å². The third-order valence-corrected chi connectivity index (χ3v) is 3.74. The number of nitrogens with zero attached hydrogens (tertiary/aromatic N) is 2. The Morgan fingerprint density at radius 2 is 2.00 bits per heavy atom. The molecule has 1 heterocycles. The van der Waals surface area contributed by atoms with Gasteiger partial charge in [-0.05, 0) is 18.1 Å². The number of aromatic nitrogens is 2. The van der Waals surface area contributed by atoms with E-state index in [-0.39, 0.29) is 0 Å². The van der Waals surface area contributed by atoms with Gasteiger partial charge in [-0.2, -0.15) is 0 Å². The van der Waals surface area contributed by atoms with Crippen molar-refractivity contribution < 1.29 is 14.4 Å². The minimum Gasteiger partial charge on any atom is -0.308 e. The van der Waals surface area contributed by atoms with Crippen LogP contribution in [0.25, 0.3) is 11.0 Å². The standard InChI is InChI=1S/C11H15N2O3P/c1-3-8-6-5-7-9-11(8)12-10(4-2)13(9)17(14,15)16/h5-7H,3-4H2,1-2H3,(H2,14,15,16). The summed E-state index contributed by atoms with van der Waals surface area (Å²) >= 11 is 0. The van der Waals surface area contributed by atoms with Crippen LogP contribution < -0.4 is 0 Å². The Balaban J connectivity index is 2.86. The SMILES string of the molecule is CCc1cccc2c1nc(CC)n2P(=O)(O)O. The number of fused-ring (bicyclic) bond motifs is 1. The van der Waals surface area contributed by atoms with Gasteiger partial charge in [-0.3, -0.25) is 0 Å². The van der Waals surface area contributed by atoms with Crippen molar-refractivity contribution in [2.45, 2.75) is 26.7 Å². The summed E-state index contributed by atoms with van der Waals surface area (Å²) in [5.74, 6) is 0.425. The lowest BCUT2D eigenvalue weighted by Gasteiger charge is -2.09. The zero-order chi connectivity index (χ0) is 12.6. The Morgan fingerprint density at radius 3 is 2.53 bits per heavy atom. The highest BCUT2D eigenvalue weighted by Crippen LogP contribution is 2.42. The van der Waals surface area contributed by atoms with Crippen LogP contribution >= 0.6 is 7.75 Å². The predicted octanol–water partition coefficient (Wildman–Crippen LogP) is 2.10. The van der Waals surface area contributed by atoms with Gasteiger partial charge in [0.05, 0.1) is 11.0 Å². The smallest absolute Gasteiger partial charge is 0.308 e. The first kappa shape index (κ1) is 12.3. The lowest BCUT2D eigenvalue weighted by molar-refractivity contribution is 0.361. The van der Waals surface area contributed by atoms with E-state index in [0.717, 1.165) is 16.3 Å². The van der Waals surface area contributed by atoms with Crippen molar-refractivity contribution in [1.82, 2.24) is 9.32 Å². The number of rotatable bonds is 3. The Bertz CT molecular complexity index is 600. The third-order valence-electron chi connectivity index (χ3n) is 2.77. The second-order valence-electron chi connectivity index (χ2n) is 3.85. The largest absolute Gasteiger partial charge is 0.435 e. The van der Waals surface area contributed by atoms with Gasteiger partial charge in [0.1, 0.15) is 5.82 Å². The highest BCUT2D eigenvalue weighted by Gasteiger charge is 2.24. The number of benzene rings is 1. The first-order valence-corrected chi connectivity index (χ1v) is 7.11. The van der Waals surface area contributed by atoms with Gasteiger partial charge in [0.2, 0.25) is 0 Å². The van der Waals surface area contributed by atoms with Gasteiger partial charge < -0.3 is 9.79 Å². The summed E-state index contributed by atoms with van der Waals surface area (Å²) in [6, 6.07) is 5.42. The molecule has 0 radical (unpaired) electrons. The molecule has 0 atom stereocenters. The average molecular weight is 254 g/mol. The van der Waals surface area contributed by atoms with E-state index in [1.54, 1.807) is 12.1 Å². The molecule has 0 fully saturated rings. The van der Waals surface area contributed by atoms with Crippen molar-refractivity contribution in [3.63, 3.8) is 0 Å². The Morgan fingerprint density at radius 1 is 1.29 bits per heavy atom. The Kier molecular flexibility index (Phi) is 3.08. The minimum atomic E-state index is -4.35. The van der Waals surface area contributed by atoms with Crippen LogP contribution in [0.1, 0.15) is 25.2 Å². The minimum absolute atomic E-state index is 0.425. The molecular weight excluding hydrogens is 239 g/mol. The molecule has 0 saturated heterocycles. The summed E-state index contributed by atoms with van der Waals surface area (Å²) in [6.45, 7) is 3.83. The molecule has 0 aliphatic carbocycles. The molecule has 5 nitrogen and oxygen atoms in total. The average Bonchev–Trinajstić information content (AvgIpc) is 2.66. The Labute approximate surface area is 99.3 Å². The molecule has 0 unspecified atom stereocenters. The molecule has 1 aromatic heterocycles. The maximum Gasteiger partial charge on any atom is 0.435 e. The fourth-order valence-electron chi connectivity index (χ4n) is 2.00. The van der Waals surface area contributed by atoms with E-state index < -0.39 is 7.75 Å². The van der Waals surface area contributed by atoms with Crippen molar-refractivity contribution in [2.75, 3.05) is 0 Å². The lowest BCUT2D eigenvalue weighted by atomic mass is 10.1. The molecule has 2 rings (SSSR count). The van der Waals surface area contributed by atoms with Gasteiger partial charge >= 0.3 is 7.75 Å². The van der Waals surface area contributed by atoms with Gasteiger partial charge in [-0.1, -0.05) is 26.0 Å². The normalized spacial score (nSPS) is 12.2. The molecule has 2 N–H and O–H groups in total. The van der Waals surface area contributed by atoms with Crippen LogP contribution in [0.4, 0.5) is 0 Å². The van der Waals surface area contributed by atoms with E-state index in [1.165, 1.54) is 0 Å². The second kappa shape index (κ2) is 4.26. The van der Waals surface area contributed by atoms with Crippen LogP contribution in [0.3, 0.4) is 0 Å². The number of aryl methyl sites for hydroxylation is 2. The van der Waals surface area contributed by atoms with E-state index in [2.05, 4.69) is 4.98 Å². The first-order valence-electron chi connectivity index (χ1n) is 5.54. The number of hydrogen-bond acceptors (Lipinski definition) is 2. The third kappa shape index (κ3) is 2.02. The highest BCUT2D eigenvalue weighted by molar-refractivity contribution is 7.50. The van der Waals surface area contributed by atoms with E-state index in [0.29, 0.717) is 23.3 Å². The summed E-state index contributed by atoms with van der Waals surface area (Å²) in [4.78, 5) is 23.1. The number of hydrogen-bond donors (Lipinski definition) is 2. The molecule has 6 heteroatoms. The molecular formula is C11H15N2O3P. The monoisotopic (exact) mass is 254 g/mol. The molecule has 0 bridgehead atoms. The highest BCUT2D eigenvalue weighted by atomic mass is 31.2. The zero-order valence-corrected chi connectivity index (χ0v) is 10.7. The number of para-hydroxylation sites is 1. The Hall–Kier alpha value is -1.16. The molecule has 17 heavy (non-hydrogen) atoms. The van der Waals surface area contributed by atoms with Crippen molar-refractivity contribution in [2.24, 2.45) is 0 Å². The second-order valence-corrected chi connectivity index (χ2v) is 5.27. The number of imidazole rings is 1. The van der Waals surface area contributed by atoms with Crippen molar-refractivity contribution in [3.8, 4) is 0 Å². The fraction of sp³-hybridized carbons (Fsp3) is 0.364. The van der Waals surface area contributed by atoms with E-state index in [9.17, 15) is 14.4 Å². The van der Waals surface area contributed by atoms with Crippen LogP contribution in [0.2, 0.25) is 0 Å². The van der Waals surface area contributed by atoms with E-state index in [4.69, 9.17) is 0 Å². The molecule has 1 aromatic carbocycles. The molecule has 0 amide bonds. The van der Waals surface area contributed by atoms with Crippen LogP contribution in [-0.2, 0) is 17.4 Å². The van der Waals surface area contributed by atoms with Gasteiger partial charge in [0.15, 0.2) is 0 Å².